The maximum absolute atomic E-state index is 13.1. The van der Waals surface area contributed by atoms with Crippen LogP contribution in [0, 0.1) is 0 Å². The summed E-state index contributed by atoms with van der Waals surface area (Å²) < 4.78 is 45.1. The number of benzene rings is 4. The number of aromatic nitrogens is 1. The number of anilines is 1. The van der Waals surface area contributed by atoms with Gasteiger partial charge < -0.3 is 9.52 Å². The third-order valence-corrected chi connectivity index (χ3v) is 6.45. The molecule has 0 fully saturated rings. The highest BCUT2D eigenvalue weighted by atomic mass is 19.4. The van der Waals surface area contributed by atoms with E-state index in [1.807, 2.05) is 55.5 Å². The minimum absolute atomic E-state index is 0.00314. The molecule has 0 spiro atoms. The number of nitrogens with one attached hydrogen (secondary N) is 1. The molecule has 1 heterocycles. The molecule has 0 aliphatic heterocycles. The molecule has 0 atom stereocenters. The second-order valence-corrected chi connectivity index (χ2v) is 9.18. The van der Waals surface area contributed by atoms with Crippen LogP contribution in [0.3, 0.4) is 0 Å². The zero-order valence-corrected chi connectivity index (χ0v) is 21.0. The minimum atomic E-state index is -4.48. The monoisotopic (exact) mass is 530 g/mol. The van der Waals surface area contributed by atoms with Crippen LogP contribution in [-0.2, 0) is 11.0 Å². The average Bonchev–Trinajstić information content (AvgIpc) is 3.34. The van der Waals surface area contributed by atoms with Crippen LogP contribution in [0.4, 0.5) is 19.1 Å². The Labute approximate surface area is 222 Å². The van der Waals surface area contributed by atoms with Crippen LogP contribution in [0.15, 0.2) is 89.3 Å². The number of carbonyl (C=O) groups is 1. The van der Waals surface area contributed by atoms with Crippen LogP contribution in [-0.4, -0.2) is 16.0 Å². The van der Waals surface area contributed by atoms with E-state index in [4.69, 9.17) is 4.42 Å². The van der Waals surface area contributed by atoms with E-state index >= 15 is 0 Å². The van der Waals surface area contributed by atoms with Crippen molar-refractivity contribution in [2.45, 2.75) is 32.4 Å². The number of phenolic OH excluding ortho intramolecular Hbond substituents is 1. The van der Waals surface area contributed by atoms with E-state index in [1.165, 1.54) is 12.1 Å². The van der Waals surface area contributed by atoms with E-state index in [0.29, 0.717) is 12.0 Å². The predicted octanol–water partition coefficient (Wildman–Crippen LogP) is 8.68. The van der Waals surface area contributed by atoms with Crippen molar-refractivity contribution in [1.82, 2.24) is 4.98 Å². The summed E-state index contributed by atoms with van der Waals surface area (Å²) in [5.41, 5.74) is 1.70. The lowest BCUT2D eigenvalue weighted by molar-refractivity contribution is -0.137. The molecule has 2 N–H and O–H groups in total. The fraction of sp³-hybridized carbons (Fsp3) is 0.161. The van der Waals surface area contributed by atoms with Crippen molar-refractivity contribution in [3.8, 4) is 39.6 Å². The third-order valence-electron chi connectivity index (χ3n) is 6.45. The Morgan fingerprint density at radius 3 is 2.36 bits per heavy atom. The van der Waals surface area contributed by atoms with E-state index < -0.39 is 11.7 Å². The molecule has 8 heteroatoms. The van der Waals surface area contributed by atoms with Gasteiger partial charge >= 0.3 is 6.18 Å². The Kier molecular flexibility index (Phi) is 7.11. The van der Waals surface area contributed by atoms with Gasteiger partial charge in [0.2, 0.25) is 17.7 Å². The Morgan fingerprint density at radius 2 is 1.64 bits per heavy atom. The first-order valence-electron chi connectivity index (χ1n) is 12.5. The summed E-state index contributed by atoms with van der Waals surface area (Å²) in [5, 5.41) is 15.7. The maximum atomic E-state index is 13.1. The number of halogens is 3. The Balaban J connectivity index is 1.54. The number of hydrogen-bond acceptors (Lipinski definition) is 4. The summed E-state index contributed by atoms with van der Waals surface area (Å²) >= 11 is 0. The molecule has 0 saturated carbocycles. The standard InChI is InChI=1S/C31H25F3N2O3/c1-2-3-11-27(38)35-30-28(20-12-15-22(16-13-20)31(32,33)34)36-29(39-30)25-17-14-21(18-26(25)37)24-10-6-8-19-7-4-5-9-23(19)24/h4-10,12-18,37H,2-3,11H2,1H3,(H,35,38). The minimum Gasteiger partial charge on any atom is -0.507 e. The molecule has 0 aliphatic carbocycles. The highest BCUT2D eigenvalue weighted by Gasteiger charge is 2.30. The lowest BCUT2D eigenvalue weighted by Gasteiger charge is -2.09. The highest BCUT2D eigenvalue weighted by molar-refractivity contribution is 5.97. The normalized spacial score (nSPS) is 11.6. The van der Waals surface area contributed by atoms with Gasteiger partial charge in [-0.3, -0.25) is 10.1 Å². The number of alkyl halides is 3. The molecule has 5 aromatic rings. The van der Waals surface area contributed by atoms with Crippen molar-refractivity contribution < 1.29 is 27.5 Å². The van der Waals surface area contributed by atoms with Crippen LogP contribution in [0.5, 0.6) is 5.75 Å². The number of nitrogens with zero attached hydrogens (tertiary/aromatic N) is 1. The van der Waals surface area contributed by atoms with Crippen LogP contribution in [0.1, 0.15) is 31.7 Å². The van der Waals surface area contributed by atoms with Gasteiger partial charge in [0.05, 0.1) is 11.1 Å². The summed E-state index contributed by atoms with van der Waals surface area (Å²) in [5.74, 6) is -0.367. The maximum Gasteiger partial charge on any atom is 0.416 e. The van der Waals surface area contributed by atoms with Crippen molar-refractivity contribution in [1.29, 1.82) is 0 Å². The van der Waals surface area contributed by atoms with E-state index in [0.717, 1.165) is 40.5 Å². The highest BCUT2D eigenvalue weighted by Crippen LogP contribution is 2.40. The molecule has 1 amide bonds. The zero-order chi connectivity index (χ0) is 27.6. The fourth-order valence-corrected chi connectivity index (χ4v) is 4.42. The molecule has 5 rings (SSSR count). The predicted molar refractivity (Wildman–Crippen MR) is 145 cm³/mol. The molecule has 198 valence electrons. The molecule has 0 radical (unpaired) electrons. The fourth-order valence-electron chi connectivity index (χ4n) is 4.42. The van der Waals surface area contributed by atoms with Gasteiger partial charge in [0, 0.05) is 12.0 Å². The SMILES string of the molecule is CCCCC(=O)Nc1oc(-c2ccc(-c3cccc4ccccc34)cc2O)nc1-c1ccc(C(F)(F)F)cc1. The number of carbonyl (C=O) groups excluding carboxylic acids is 1. The summed E-state index contributed by atoms with van der Waals surface area (Å²) in [6, 6.07) is 23.4. The van der Waals surface area contributed by atoms with Crippen molar-refractivity contribution in [3.63, 3.8) is 0 Å². The number of oxazole rings is 1. The number of aromatic hydroxyl groups is 1. The number of unbranched alkanes of at least 4 members (excludes halogenated alkanes) is 1. The lowest BCUT2D eigenvalue weighted by Crippen LogP contribution is -2.11. The van der Waals surface area contributed by atoms with E-state index in [1.54, 1.807) is 12.1 Å². The number of phenols is 1. The Bertz CT molecular complexity index is 1630. The average molecular weight is 531 g/mol. The van der Waals surface area contributed by atoms with Crippen LogP contribution >= 0.6 is 0 Å². The second-order valence-electron chi connectivity index (χ2n) is 9.18. The quantitative estimate of drug-likeness (QED) is 0.221. The van der Waals surface area contributed by atoms with Crippen LogP contribution < -0.4 is 5.32 Å². The summed E-state index contributed by atoms with van der Waals surface area (Å²) in [6.07, 6.45) is -2.75. The lowest BCUT2D eigenvalue weighted by atomic mass is 9.97. The smallest absolute Gasteiger partial charge is 0.416 e. The summed E-state index contributed by atoms with van der Waals surface area (Å²) in [7, 11) is 0. The summed E-state index contributed by atoms with van der Waals surface area (Å²) in [6.45, 7) is 1.96. The number of rotatable bonds is 7. The number of amides is 1. The molecule has 4 aromatic carbocycles. The van der Waals surface area contributed by atoms with Gasteiger partial charge in [-0.25, -0.2) is 4.98 Å². The van der Waals surface area contributed by atoms with Gasteiger partial charge in [-0.2, -0.15) is 13.2 Å². The topological polar surface area (TPSA) is 75.4 Å². The second kappa shape index (κ2) is 10.6. The molecule has 0 saturated heterocycles. The van der Waals surface area contributed by atoms with E-state index in [9.17, 15) is 23.1 Å². The molecule has 5 nitrogen and oxygen atoms in total. The van der Waals surface area contributed by atoms with Gasteiger partial charge in [0.15, 0.2) is 0 Å². The van der Waals surface area contributed by atoms with Crippen LogP contribution in [0.2, 0.25) is 0 Å². The van der Waals surface area contributed by atoms with Gasteiger partial charge in [-0.05, 0) is 52.6 Å². The molecule has 0 aliphatic rings. The first-order valence-corrected chi connectivity index (χ1v) is 12.5. The molecule has 0 unspecified atom stereocenters. The number of hydrogen-bond donors (Lipinski definition) is 2. The molecule has 39 heavy (non-hydrogen) atoms. The van der Waals surface area contributed by atoms with Gasteiger partial charge in [-0.15, -0.1) is 0 Å². The van der Waals surface area contributed by atoms with Gasteiger partial charge in [0.25, 0.3) is 0 Å². The van der Waals surface area contributed by atoms with Crippen molar-refractivity contribution in [2.75, 3.05) is 5.32 Å². The van der Waals surface area contributed by atoms with E-state index in [-0.39, 0.29) is 41.1 Å². The van der Waals surface area contributed by atoms with Crippen molar-refractivity contribution in [2.24, 2.45) is 0 Å². The molecule has 1 aromatic heterocycles. The van der Waals surface area contributed by atoms with Crippen molar-refractivity contribution in [3.05, 3.63) is 90.5 Å². The largest absolute Gasteiger partial charge is 0.507 e. The number of fused-ring (bicyclic) bond motifs is 1. The molecular formula is C31H25F3N2O3. The zero-order valence-electron chi connectivity index (χ0n) is 21.0. The Hall–Kier alpha value is -4.59. The Morgan fingerprint density at radius 1 is 0.923 bits per heavy atom. The van der Waals surface area contributed by atoms with Crippen molar-refractivity contribution >= 4 is 22.6 Å². The third kappa shape index (κ3) is 5.50. The van der Waals surface area contributed by atoms with Gasteiger partial charge in [-0.1, -0.05) is 74.0 Å². The first-order chi connectivity index (χ1) is 18.7. The summed E-state index contributed by atoms with van der Waals surface area (Å²) in [4.78, 5) is 16.9. The van der Waals surface area contributed by atoms with Gasteiger partial charge in [0.1, 0.15) is 11.4 Å². The first kappa shape index (κ1) is 26.0. The van der Waals surface area contributed by atoms with Crippen LogP contribution in [0.25, 0.3) is 44.6 Å². The van der Waals surface area contributed by atoms with E-state index in [2.05, 4.69) is 10.3 Å². The molecule has 0 bridgehead atoms. The molecular weight excluding hydrogens is 505 g/mol.